The van der Waals surface area contributed by atoms with Crippen LogP contribution in [0.25, 0.3) is 0 Å². The largest absolute Gasteiger partial charge is 0.360 e. The molecular weight excluding hydrogens is 384 g/mol. The van der Waals surface area contributed by atoms with Crippen molar-refractivity contribution in [2.75, 3.05) is 5.32 Å². The zero-order valence-electron chi connectivity index (χ0n) is 15.8. The van der Waals surface area contributed by atoms with Gasteiger partial charge in [0, 0.05) is 17.3 Å². The van der Waals surface area contributed by atoms with E-state index in [1.807, 2.05) is 0 Å². The first-order valence-electron chi connectivity index (χ1n) is 8.84. The number of aryl methyl sites for hydroxylation is 2. The molecule has 1 aromatic carbocycles. The van der Waals surface area contributed by atoms with E-state index >= 15 is 0 Å². The second-order valence-corrected chi connectivity index (χ2v) is 8.46. The second kappa shape index (κ2) is 7.72. The van der Waals surface area contributed by atoms with Crippen LogP contribution in [0.5, 0.6) is 0 Å². The molecular formula is C18H22N4O5S. The van der Waals surface area contributed by atoms with Crippen LogP contribution < -0.4 is 15.4 Å². The van der Waals surface area contributed by atoms with Crippen LogP contribution in [0.3, 0.4) is 0 Å². The predicted octanol–water partition coefficient (Wildman–Crippen LogP) is 1.49. The minimum absolute atomic E-state index is 0.0779. The maximum absolute atomic E-state index is 12.5. The van der Waals surface area contributed by atoms with Crippen molar-refractivity contribution >= 4 is 27.5 Å². The number of carbonyl (C=O) groups is 2. The maximum Gasteiger partial charge on any atom is 0.251 e. The average Bonchev–Trinajstić information content (AvgIpc) is 3.36. The van der Waals surface area contributed by atoms with Crippen molar-refractivity contribution < 1.29 is 22.5 Å². The van der Waals surface area contributed by atoms with E-state index in [0.717, 1.165) is 12.8 Å². The number of hydrogen-bond donors (Lipinski definition) is 3. The van der Waals surface area contributed by atoms with Gasteiger partial charge in [-0.3, -0.25) is 9.59 Å². The van der Waals surface area contributed by atoms with Crippen LogP contribution in [0, 0.1) is 13.8 Å². The first-order chi connectivity index (χ1) is 13.2. The minimum Gasteiger partial charge on any atom is -0.360 e. The number of aromatic nitrogens is 1. The molecule has 1 atom stereocenters. The Morgan fingerprint density at radius 1 is 1.25 bits per heavy atom. The smallest absolute Gasteiger partial charge is 0.251 e. The Balaban J connectivity index is 1.66. The molecule has 3 N–H and O–H groups in total. The molecule has 0 aliphatic heterocycles. The number of nitrogens with zero attached hydrogens (tertiary/aromatic N) is 1. The Bertz CT molecular complexity index is 991. The number of rotatable bonds is 7. The van der Waals surface area contributed by atoms with Gasteiger partial charge in [-0.15, -0.1) is 0 Å². The minimum atomic E-state index is -3.97. The van der Waals surface area contributed by atoms with Gasteiger partial charge in [-0.1, -0.05) is 11.2 Å². The fraction of sp³-hybridized carbons (Fsp3) is 0.389. The van der Waals surface area contributed by atoms with Crippen molar-refractivity contribution in [3.05, 3.63) is 41.3 Å². The van der Waals surface area contributed by atoms with Crippen LogP contribution in [0.15, 0.2) is 33.7 Å². The molecule has 1 fully saturated rings. The van der Waals surface area contributed by atoms with Gasteiger partial charge in [0.2, 0.25) is 15.9 Å². The van der Waals surface area contributed by atoms with Gasteiger partial charge in [0.15, 0.2) is 5.76 Å². The van der Waals surface area contributed by atoms with Gasteiger partial charge in [-0.05, 0) is 51.8 Å². The fourth-order valence-electron chi connectivity index (χ4n) is 2.69. The second-order valence-electron chi connectivity index (χ2n) is 6.81. The quantitative estimate of drug-likeness (QED) is 0.639. The van der Waals surface area contributed by atoms with Gasteiger partial charge in [0.25, 0.3) is 5.91 Å². The first kappa shape index (κ1) is 20.0. The standard InChI is InChI=1S/C18H22N4O5S/c1-10-16(12(3)27-21-10)28(25,26)22-11(2)17(23)20-15-6-4-5-13(9-15)18(24)19-14-7-8-14/h4-6,9,11,14,22H,7-8H2,1-3H3,(H,19,24)(H,20,23)/t11-/m0/s1. The van der Waals surface area contributed by atoms with E-state index in [9.17, 15) is 18.0 Å². The Morgan fingerprint density at radius 3 is 2.57 bits per heavy atom. The summed E-state index contributed by atoms with van der Waals surface area (Å²) in [5, 5.41) is 9.11. The van der Waals surface area contributed by atoms with E-state index < -0.39 is 22.0 Å². The normalized spacial score (nSPS) is 15.1. The molecule has 0 saturated heterocycles. The summed E-state index contributed by atoms with van der Waals surface area (Å²) in [4.78, 5) is 24.5. The number of hydrogen-bond acceptors (Lipinski definition) is 6. The van der Waals surface area contributed by atoms with Gasteiger partial charge in [-0.25, -0.2) is 8.42 Å². The lowest BCUT2D eigenvalue weighted by molar-refractivity contribution is -0.117. The topological polar surface area (TPSA) is 130 Å². The molecule has 1 aliphatic carbocycles. The highest BCUT2D eigenvalue weighted by Crippen LogP contribution is 2.21. The third kappa shape index (κ3) is 4.57. The summed E-state index contributed by atoms with van der Waals surface area (Å²) in [5.74, 6) is -0.618. The molecule has 0 radical (unpaired) electrons. The molecule has 150 valence electrons. The molecule has 2 aromatic rings. The third-order valence-corrected chi connectivity index (χ3v) is 6.05. The number of nitrogens with one attached hydrogen (secondary N) is 3. The van der Waals surface area contributed by atoms with Crippen molar-refractivity contribution in [1.29, 1.82) is 0 Å². The lowest BCUT2D eigenvalue weighted by Crippen LogP contribution is -2.41. The van der Waals surface area contributed by atoms with Crippen molar-refractivity contribution in [2.24, 2.45) is 0 Å². The Labute approximate surface area is 162 Å². The van der Waals surface area contributed by atoms with Gasteiger partial charge in [0.05, 0.1) is 6.04 Å². The number of benzene rings is 1. The molecule has 28 heavy (non-hydrogen) atoms. The van der Waals surface area contributed by atoms with Crippen LogP contribution in [0.2, 0.25) is 0 Å². The van der Waals surface area contributed by atoms with Crippen molar-refractivity contribution in [3.8, 4) is 0 Å². The fourth-order valence-corrected chi connectivity index (χ4v) is 4.22. The third-order valence-electron chi connectivity index (χ3n) is 4.27. The zero-order chi connectivity index (χ0) is 20.5. The van der Waals surface area contributed by atoms with Gasteiger partial charge < -0.3 is 15.2 Å². The molecule has 1 heterocycles. The summed E-state index contributed by atoms with van der Waals surface area (Å²) in [7, 11) is -3.97. The molecule has 2 amide bonds. The molecule has 10 heteroatoms. The molecule has 1 aromatic heterocycles. The number of amides is 2. The van der Waals surface area contributed by atoms with E-state index in [4.69, 9.17) is 4.52 Å². The van der Waals surface area contributed by atoms with Crippen LogP contribution in [0.4, 0.5) is 5.69 Å². The number of carbonyl (C=O) groups excluding carboxylic acids is 2. The summed E-state index contributed by atoms with van der Waals surface area (Å²) in [6, 6.07) is 5.65. The highest BCUT2D eigenvalue weighted by Gasteiger charge is 2.28. The van der Waals surface area contributed by atoms with Crippen molar-refractivity contribution in [3.63, 3.8) is 0 Å². The SMILES string of the molecule is Cc1noc(C)c1S(=O)(=O)N[C@@H](C)C(=O)Nc1cccc(C(=O)NC2CC2)c1. The summed E-state index contributed by atoms with van der Waals surface area (Å²) in [5.41, 5.74) is 1.04. The van der Waals surface area contributed by atoms with E-state index in [0.29, 0.717) is 11.3 Å². The van der Waals surface area contributed by atoms with Gasteiger partial charge in [0.1, 0.15) is 10.6 Å². The van der Waals surface area contributed by atoms with Gasteiger partial charge in [-0.2, -0.15) is 4.72 Å². The summed E-state index contributed by atoms with van der Waals surface area (Å²) in [6.45, 7) is 4.42. The van der Waals surface area contributed by atoms with E-state index in [2.05, 4.69) is 20.5 Å². The van der Waals surface area contributed by atoms with Crippen LogP contribution in [-0.2, 0) is 14.8 Å². The van der Waals surface area contributed by atoms with E-state index in [-0.39, 0.29) is 28.3 Å². The molecule has 9 nitrogen and oxygen atoms in total. The molecule has 0 unspecified atom stereocenters. The predicted molar refractivity (Wildman–Crippen MR) is 101 cm³/mol. The van der Waals surface area contributed by atoms with Crippen LogP contribution >= 0.6 is 0 Å². The summed E-state index contributed by atoms with van der Waals surface area (Å²) < 4.78 is 32.2. The highest BCUT2D eigenvalue weighted by atomic mass is 32.2. The van der Waals surface area contributed by atoms with Crippen molar-refractivity contribution in [2.45, 2.75) is 50.6 Å². The molecule has 0 spiro atoms. The summed E-state index contributed by atoms with van der Waals surface area (Å²) >= 11 is 0. The highest BCUT2D eigenvalue weighted by molar-refractivity contribution is 7.89. The van der Waals surface area contributed by atoms with Crippen LogP contribution in [-0.4, -0.2) is 37.5 Å². The molecule has 3 rings (SSSR count). The van der Waals surface area contributed by atoms with Gasteiger partial charge >= 0.3 is 0 Å². The zero-order valence-corrected chi connectivity index (χ0v) is 16.6. The Morgan fingerprint density at radius 2 is 1.96 bits per heavy atom. The van der Waals surface area contributed by atoms with E-state index in [1.54, 1.807) is 24.3 Å². The van der Waals surface area contributed by atoms with Crippen molar-refractivity contribution in [1.82, 2.24) is 15.2 Å². The average molecular weight is 406 g/mol. The molecule has 0 bridgehead atoms. The molecule has 1 aliphatic rings. The van der Waals surface area contributed by atoms with Crippen LogP contribution in [0.1, 0.15) is 41.6 Å². The Kier molecular flexibility index (Phi) is 5.52. The number of anilines is 1. The summed E-state index contributed by atoms with van der Waals surface area (Å²) in [6.07, 6.45) is 1.95. The number of sulfonamides is 1. The molecule has 1 saturated carbocycles. The van der Waals surface area contributed by atoms with E-state index in [1.165, 1.54) is 20.8 Å². The first-order valence-corrected chi connectivity index (χ1v) is 10.3. The lowest BCUT2D eigenvalue weighted by atomic mass is 10.2. The maximum atomic E-state index is 12.5. The monoisotopic (exact) mass is 406 g/mol. The lowest BCUT2D eigenvalue weighted by Gasteiger charge is -2.15. The Hall–Kier alpha value is -2.72.